The Morgan fingerprint density at radius 2 is 2.12 bits per heavy atom. The van der Waals surface area contributed by atoms with Gasteiger partial charge in [-0.15, -0.1) is 0 Å². The maximum absolute atomic E-state index is 13.0. The molecule has 2 heterocycles. The molecule has 7 nitrogen and oxygen atoms in total. The van der Waals surface area contributed by atoms with E-state index in [4.69, 9.17) is 10.5 Å². The Kier molecular flexibility index (Phi) is 6.65. The Morgan fingerprint density at radius 1 is 1.34 bits per heavy atom. The maximum atomic E-state index is 13.0. The van der Waals surface area contributed by atoms with Crippen LogP contribution in [0, 0.1) is 11.8 Å². The van der Waals surface area contributed by atoms with Crippen molar-refractivity contribution in [2.45, 2.75) is 53.0 Å². The van der Waals surface area contributed by atoms with Gasteiger partial charge in [0.15, 0.2) is 5.82 Å². The van der Waals surface area contributed by atoms with Crippen molar-refractivity contribution in [3.05, 3.63) is 45.9 Å². The average molecular weight is 438 g/mol. The maximum Gasteiger partial charge on any atom is 0.222 e. The number of ether oxygens (including phenoxy) is 1. The van der Waals surface area contributed by atoms with Gasteiger partial charge in [0.1, 0.15) is 11.6 Å². The highest BCUT2D eigenvalue weighted by atomic mass is 16.5. The minimum Gasteiger partial charge on any atom is -0.494 e. The van der Waals surface area contributed by atoms with E-state index >= 15 is 0 Å². The number of nitrogens with two attached hydrogens (primary N) is 1. The predicted octanol–water partition coefficient (Wildman–Crippen LogP) is 3.23. The number of hydrogen-bond donors (Lipinski definition) is 2. The first kappa shape index (κ1) is 22.5. The number of allylic oxidation sites excluding steroid dienone is 2. The van der Waals surface area contributed by atoms with E-state index in [0.717, 1.165) is 29.7 Å². The highest BCUT2D eigenvalue weighted by molar-refractivity contribution is 5.85. The van der Waals surface area contributed by atoms with Crippen LogP contribution in [0.1, 0.15) is 51.2 Å². The third kappa shape index (κ3) is 4.58. The van der Waals surface area contributed by atoms with E-state index in [0.29, 0.717) is 62.6 Å². The Hall–Kier alpha value is -2.67. The number of hydrogen-bond acceptors (Lipinski definition) is 6. The lowest BCUT2D eigenvalue weighted by Gasteiger charge is -2.43. The number of aryl methyl sites for hydroxylation is 1. The van der Waals surface area contributed by atoms with Crippen molar-refractivity contribution >= 4 is 17.6 Å². The summed E-state index contributed by atoms with van der Waals surface area (Å²) in [4.78, 5) is 23.6. The molecule has 1 aromatic rings. The number of pyridine rings is 1. The van der Waals surface area contributed by atoms with Gasteiger partial charge in [-0.1, -0.05) is 19.4 Å². The molecule has 0 aromatic carbocycles. The zero-order valence-electron chi connectivity index (χ0n) is 19.7. The Morgan fingerprint density at radius 3 is 2.84 bits per heavy atom. The first-order chi connectivity index (χ1) is 15.4. The largest absolute Gasteiger partial charge is 0.494 e. The summed E-state index contributed by atoms with van der Waals surface area (Å²) in [5.41, 5.74) is 12.1. The zero-order valence-corrected chi connectivity index (χ0v) is 19.7. The monoisotopic (exact) mass is 437 g/mol. The van der Waals surface area contributed by atoms with Gasteiger partial charge in [0.2, 0.25) is 5.91 Å². The van der Waals surface area contributed by atoms with Crippen LogP contribution < -0.4 is 11.1 Å². The van der Waals surface area contributed by atoms with Crippen LogP contribution in [-0.4, -0.2) is 48.4 Å². The molecule has 32 heavy (non-hydrogen) atoms. The van der Waals surface area contributed by atoms with E-state index < -0.39 is 0 Å². The number of carbonyl (C=O) groups excluding carboxylic acids is 1. The molecule has 3 aliphatic carbocycles. The van der Waals surface area contributed by atoms with Crippen LogP contribution in [0.15, 0.2) is 39.7 Å². The minimum absolute atomic E-state index is 0.142. The number of amidine groups is 1. The Bertz CT molecular complexity index is 984. The van der Waals surface area contributed by atoms with Crippen molar-refractivity contribution in [1.82, 2.24) is 15.2 Å². The number of nitrogens with one attached hydrogen (secondary N) is 1. The van der Waals surface area contributed by atoms with E-state index in [-0.39, 0.29) is 5.91 Å². The zero-order chi connectivity index (χ0) is 22.8. The van der Waals surface area contributed by atoms with Crippen molar-refractivity contribution in [2.75, 3.05) is 26.7 Å². The Labute approximate surface area is 190 Å². The molecular formula is C25H35N5O2. The summed E-state index contributed by atoms with van der Waals surface area (Å²) in [5, 5.41) is 3.25. The number of carbonyl (C=O) groups is 1. The molecule has 1 aliphatic heterocycles. The normalized spacial score (nSPS) is 18.2. The van der Waals surface area contributed by atoms with Crippen LogP contribution in [0.4, 0.5) is 5.82 Å². The molecule has 0 atom stereocenters. The summed E-state index contributed by atoms with van der Waals surface area (Å²) in [7, 11) is 1.91. The molecule has 7 heteroatoms. The standard InChI is InChI=1S/C25H35N5O2/c1-5-32-24-20(17-9-18(10-17)23(24)15(2)3)14-30(4)22(31)7-6-16-8-19-12-27-13-21(26)29-25(19)28-11-16/h8,11,15,17,27H,5-7,9-10,12-14H2,1-4H3,(H2,26,28,29). The van der Waals surface area contributed by atoms with Gasteiger partial charge in [-0.3, -0.25) is 4.79 Å². The molecular weight excluding hydrogens is 402 g/mol. The molecule has 1 amide bonds. The molecule has 5 rings (SSSR count). The van der Waals surface area contributed by atoms with Gasteiger partial charge in [-0.2, -0.15) is 0 Å². The molecule has 1 aromatic heterocycles. The van der Waals surface area contributed by atoms with Gasteiger partial charge in [0, 0.05) is 38.3 Å². The fourth-order valence-electron chi connectivity index (χ4n) is 4.91. The molecule has 2 bridgehead atoms. The lowest BCUT2D eigenvalue weighted by atomic mass is 9.66. The van der Waals surface area contributed by atoms with Crippen LogP contribution in [0.3, 0.4) is 0 Å². The fourth-order valence-corrected chi connectivity index (χ4v) is 4.91. The van der Waals surface area contributed by atoms with E-state index in [2.05, 4.69) is 35.2 Å². The predicted molar refractivity (Wildman–Crippen MR) is 126 cm³/mol. The van der Waals surface area contributed by atoms with Crippen molar-refractivity contribution in [1.29, 1.82) is 0 Å². The Balaban J connectivity index is 1.41. The van der Waals surface area contributed by atoms with Gasteiger partial charge in [-0.05, 0) is 60.8 Å². The van der Waals surface area contributed by atoms with Crippen LogP contribution in [0.2, 0.25) is 0 Å². The minimum atomic E-state index is 0.142. The second-order valence-corrected chi connectivity index (χ2v) is 9.35. The van der Waals surface area contributed by atoms with Gasteiger partial charge in [0.25, 0.3) is 0 Å². The van der Waals surface area contributed by atoms with Crippen molar-refractivity contribution in [2.24, 2.45) is 22.6 Å². The van der Waals surface area contributed by atoms with E-state index in [1.54, 1.807) is 11.8 Å². The lowest BCUT2D eigenvalue weighted by Crippen LogP contribution is -2.36. The summed E-state index contributed by atoms with van der Waals surface area (Å²) in [6, 6.07) is 2.08. The number of nitrogens with zero attached hydrogens (tertiary/aromatic N) is 3. The number of aromatic nitrogens is 1. The molecule has 0 radical (unpaired) electrons. The summed E-state index contributed by atoms with van der Waals surface area (Å²) < 4.78 is 6.10. The molecule has 172 valence electrons. The lowest BCUT2D eigenvalue weighted by molar-refractivity contribution is -0.129. The molecule has 0 unspecified atom stereocenters. The smallest absolute Gasteiger partial charge is 0.222 e. The van der Waals surface area contributed by atoms with Crippen molar-refractivity contribution < 1.29 is 9.53 Å². The number of likely N-dealkylation sites (N-methyl/N-ethyl adjacent to an activating group) is 1. The number of rotatable bonds is 8. The molecule has 1 saturated carbocycles. The quantitative estimate of drug-likeness (QED) is 0.651. The molecule has 0 saturated heterocycles. The van der Waals surface area contributed by atoms with Crippen LogP contribution >= 0.6 is 0 Å². The summed E-state index contributed by atoms with van der Waals surface area (Å²) >= 11 is 0. The first-order valence-electron chi connectivity index (χ1n) is 11.7. The number of fused-ring (bicyclic) bond motifs is 2. The summed E-state index contributed by atoms with van der Waals surface area (Å²) in [6.45, 7) is 9.03. The molecule has 0 spiro atoms. The highest BCUT2D eigenvalue weighted by Gasteiger charge is 2.39. The van der Waals surface area contributed by atoms with E-state index in [1.807, 2.05) is 18.9 Å². The van der Waals surface area contributed by atoms with Gasteiger partial charge < -0.3 is 20.7 Å². The van der Waals surface area contributed by atoms with Crippen LogP contribution in [-0.2, 0) is 22.5 Å². The van der Waals surface area contributed by atoms with E-state index in [9.17, 15) is 4.79 Å². The topological polar surface area (TPSA) is 92.8 Å². The van der Waals surface area contributed by atoms with Gasteiger partial charge in [0.05, 0.1) is 13.2 Å². The molecule has 1 fully saturated rings. The highest BCUT2D eigenvalue weighted by Crippen LogP contribution is 2.50. The molecule has 3 N–H and O–H groups in total. The number of aliphatic imine (C=N–C) groups is 1. The van der Waals surface area contributed by atoms with Gasteiger partial charge >= 0.3 is 0 Å². The summed E-state index contributed by atoms with van der Waals surface area (Å²) in [5.74, 6) is 3.38. The van der Waals surface area contributed by atoms with Crippen LogP contribution in [0.25, 0.3) is 0 Å². The first-order valence-corrected chi connectivity index (χ1v) is 11.7. The number of amides is 1. The van der Waals surface area contributed by atoms with Gasteiger partial charge in [-0.25, -0.2) is 9.98 Å². The SMILES string of the molecule is CCOC1=C(CN(C)C(=O)CCc2cnc3c(c2)CNCC(N)=N3)C2CC(=C1C(C)C)C2. The van der Waals surface area contributed by atoms with Crippen molar-refractivity contribution in [3.63, 3.8) is 0 Å². The third-order valence-electron chi connectivity index (χ3n) is 6.59. The van der Waals surface area contributed by atoms with Crippen molar-refractivity contribution in [3.8, 4) is 0 Å². The second-order valence-electron chi connectivity index (χ2n) is 9.35. The summed E-state index contributed by atoms with van der Waals surface area (Å²) in [6.07, 6.45) is 5.17. The van der Waals surface area contributed by atoms with E-state index in [1.165, 1.54) is 11.1 Å². The average Bonchev–Trinajstić information content (AvgIpc) is 2.91. The fraction of sp³-hybridized carbons (Fsp3) is 0.560. The second kappa shape index (κ2) is 9.45. The van der Waals surface area contributed by atoms with Crippen LogP contribution in [0.5, 0.6) is 0 Å². The third-order valence-corrected chi connectivity index (χ3v) is 6.59. The molecule has 4 aliphatic rings.